The van der Waals surface area contributed by atoms with Crippen molar-refractivity contribution < 1.29 is 0 Å². The van der Waals surface area contributed by atoms with E-state index in [0.717, 1.165) is 22.3 Å². The molecule has 0 bridgehead atoms. The molecule has 90 valence electrons. The van der Waals surface area contributed by atoms with E-state index >= 15 is 0 Å². The second-order valence-electron chi connectivity index (χ2n) is 4.52. The van der Waals surface area contributed by atoms with Gasteiger partial charge in [0.15, 0.2) is 0 Å². The third-order valence-electron chi connectivity index (χ3n) is 3.13. The zero-order chi connectivity index (χ0) is 12.7. The quantitative estimate of drug-likeness (QED) is 0.685. The lowest BCUT2D eigenvalue weighted by molar-refractivity contribution is 1.09. The maximum Gasteiger partial charge on any atom is 0.124 e. The number of nitrogens with two attached hydrogens (primary N) is 1. The Bertz CT molecular complexity index is 714. The first-order valence-electron chi connectivity index (χ1n) is 5.82. The summed E-state index contributed by atoms with van der Waals surface area (Å²) in [7, 11) is 0. The summed E-state index contributed by atoms with van der Waals surface area (Å²) >= 11 is 0. The molecule has 2 aromatic heterocycles. The zero-order valence-corrected chi connectivity index (χ0v) is 10.4. The van der Waals surface area contributed by atoms with Gasteiger partial charge in [-0.25, -0.2) is 4.98 Å². The highest BCUT2D eigenvalue weighted by atomic mass is 15.1. The number of hydrogen-bond acceptors (Lipinski definition) is 3. The Morgan fingerprint density at radius 2 is 1.89 bits per heavy atom. The number of nitrogens with one attached hydrogen (secondary N) is 1. The summed E-state index contributed by atoms with van der Waals surface area (Å²) < 4.78 is 0. The number of anilines is 1. The number of aromatic amines is 1. The van der Waals surface area contributed by atoms with Crippen molar-refractivity contribution in [2.45, 2.75) is 13.8 Å². The smallest absolute Gasteiger partial charge is 0.124 e. The van der Waals surface area contributed by atoms with E-state index in [1.807, 2.05) is 18.2 Å². The number of nitrogens with zero attached hydrogens (tertiary/aromatic N) is 2. The normalized spacial score (nSPS) is 11.0. The molecule has 1 aromatic carbocycles. The van der Waals surface area contributed by atoms with E-state index < -0.39 is 0 Å². The molecular formula is C14H14N4. The Morgan fingerprint density at radius 3 is 2.61 bits per heavy atom. The summed E-state index contributed by atoms with van der Waals surface area (Å²) in [5.74, 6) is 0.557. The van der Waals surface area contributed by atoms with Crippen LogP contribution in [-0.2, 0) is 0 Å². The molecule has 0 aliphatic heterocycles. The van der Waals surface area contributed by atoms with E-state index in [9.17, 15) is 0 Å². The minimum Gasteiger partial charge on any atom is -0.384 e. The molecule has 0 saturated heterocycles. The van der Waals surface area contributed by atoms with Crippen LogP contribution in [0.3, 0.4) is 0 Å². The van der Waals surface area contributed by atoms with Gasteiger partial charge in [-0.05, 0) is 49.2 Å². The number of aryl methyl sites for hydroxylation is 2. The van der Waals surface area contributed by atoms with E-state index in [4.69, 9.17) is 5.73 Å². The summed E-state index contributed by atoms with van der Waals surface area (Å²) in [4.78, 5) is 4.41. The van der Waals surface area contributed by atoms with Gasteiger partial charge < -0.3 is 5.73 Å². The predicted molar refractivity (Wildman–Crippen MR) is 73.2 cm³/mol. The average molecular weight is 238 g/mol. The molecule has 0 amide bonds. The monoisotopic (exact) mass is 238 g/mol. The molecule has 0 aliphatic rings. The Hall–Kier alpha value is -2.36. The van der Waals surface area contributed by atoms with Crippen molar-refractivity contribution in [2.24, 2.45) is 0 Å². The maximum absolute atomic E-state index is 5.81. The molecule has 0 atom stereocenters. The van der Waals surface area contributed by atoms with Crippen molar-refractivity contribution in [3.8, 4) is 11.3 Å². The van der Waals surface area contributed by atoms with E-state index in [2.05, 4.69) is 35.1 Å². The number of fused-ring (bicyclic) bond motifs is 1. The number of aromatic nitrogens is 3. The summed E-state index contributed by atoms with van der Waals surface area (Å²) in [6, 6.07) is 8.03. The predicted octanol–water partition coefficient (Wildman–Crippen LogP) is 2.82. The van der Waals surface area contributed by atoms with Crippen LogP contribution in [0, 0.1) is 13.8 Å². The zero-order valence-electron chi connectivity index (χ0n) is 10.4. The van der Waals surface area contributed by atoms with E-state index in [0.29, 0.717) is 5.82 Å². The number of hydrogen-bond donors (Lipinski definition) is 2. The fourth-order valence-corrected chi connectivity index (χ4v) is 2.41. The van der Waals surface area contributed by atoms with Gasteiger partial charge in [-0.1, -0.05) is 0 Å². The van der Waals surface area contributed by atoms with Crippen molar-refractivity contribution in [2.75, 3.05) is 5.73 Å². The van der Waals surface area contributed by atoms with Crippen molar-refractivity contribution in [3.05, 3.63) is 41.6 Å². The summed E-state index contributed by atoms with van der Waals surface area (Å²) in [5, 5.41) is 8.11. The number of pyridine rings is 1. The highest BCUT2D eigenvalue weighted by molar-refractivity contribution is 5.90. The molecule has 4 nitrogen and oxygen atoms in total. The molecular weight excluding hydrogens is 224 g/mol. The molecule has 4 heteroatoms. The molecule has 0 spiro atoms. The van der Waals surface area contributed by atoms with Gasteiger partial charge in [0.2, 0.25) is 0 Å². The maximum atomic E-state index is 5.81. The molecule has 3 rings (SSSR count). The highest BCUT2D eigenvalue weighted by Gasteiger charge is 2.08. The first-order chi connectivity index (χ1) is 8.65. The minimum atomic E-state index is 0.557. The SMILES string of the molecule is Cc1cc(-c2ccn[nH]2)cc2nc(N)cc(C)c12. The van der Waals surface area contributed by atoms with Crippen molar-refractivity contribution in [1.82, 2.24) is 15.2 Å². The van der Waals surface area contributed by atoms with Crippen LogP contribution in [0.25, 0.3) is 22.2 Å². The molecule has 0 unspecified atom stereocenters. The second-order valence-corrected chi connectivity index (χ2v) is 4.52. The lowest BCUT2D eigenvalue weighted by atomic mass is 10.0. The largest absolute Gasteiger partial charge is 0.384 e. The summed E-state index contributed by atoms with van der Waals surface area (Å²) in [5.41, 5.74) is 11.2. The number of rotatable bonds is 1. The number of nitrogen functional groups attached to an aromatic ring is 1. The van der Waals surface area contributed by atoms with Crippen molar-refractivity contribution in [1.29, 1.82) is 0 Å². The molecule has 0 saturated carbocycles. The Labute approximate surface area is 105 Å². The van der Waals surface area contributed by atoms with Gasteiger partial charge in [-0.15, -0.1) is 0 Å². The van der Waals surface area contributed by atoms with Crippen LogP contribution in [0.1, 0.15) is 11.1 Å². The standard InChI is InChI=1S/C14H14N4/c1-8-5-10(11-3-4-16-18-11)7-12-14(8)9(2)6-13(15)17-12/h3-7H,1-2H3,(H2,15,17)(H,16,18). The van der Waals surface area contributed by atoms with Crippen molar-refractivity contribution in [3.63, 3.8) is 0 Å². The first kappa shape index (κ1) is 10.8. The van der Waals surface area contributed by atoms with Gasteiger partial charge in [-0.2, -0.15) is 5.10 Å². The third kappa shape index (κ3) is 1.62. The molecule has 0 radical (unpaired) electrons. The lowest BCUT2D eigenvalue weighted by Gasteiger charge is -2.09. The molecule has 3 aromatic rings. The molecule has 18 heavy (non-hydrogen) atoms. The number of H-pyrrole nitrogens is 1. The van der Waals surface area contributed by atoms with Gasteiger partial charge >= 0.3 is 0 Å². The van der Waals surface area contributed by atoms with Gasteiger partial charge in [0.05, 0.1) is 11.2 Å². The Morgan fingerprint density at radius 1 is 1.11 bits per heavy atom. The van der Waals surface area contributed by atoms with Crippen LogP contribution in [0.2, 0.25) is 0 Å². The second kappa shape index (κ2) is 3.84. The van der Waals surface area contributed by atoms with Gasteiger partial charge in [0.25, 0.3) is 0 Å². The van der Waals surface area contributed by atoms with E-state index in [1.165, 1.54) is 10.9 Å². The van der Waals surface area contributed by atoms with Gasteiger partial charge in [0, 0.05) is 17.1 Å². The van der Waals surface area contributed by atoms with Crippen LogP contribution < -0.4 is 5.73 Å². The van der Waals surface area contributed by atoms with Gasteiger partial charge in [0.1, 0.15) is 5.82 Å². The van der Waals surface area contributed by atoms with Crippen LogP contribution in [0.15, 0.2) is 30.5 Å². The van der Waals surface area contributed by atoms with Crippen LogP contribution in [-0.4, -0.2) is 15.2 Å². The molecule has 0 aliphatic carbocycles. The van der Waals surface area contributed by atoms with Crippen molar-refractivity contribution >= 4 is 16.7 Å². The lowest BCUT2D eigenvalue weighted by Crippen LogP contribution is -1.95. The molecule has 2 heterocycles. The third-order valence-corrected chi connectivity index (χ3v) is 3.13. The van der Waals surface area contributed by atoms with Crippen LogP contribution in [0.5, 0.6) is 0 Å². The van der Waals surface area contributed by atoms with Gasteiger partial charge in [-0.3, -0.25) is 5.10 Å². The molecule has 0 fully saturated rings. The Balaban J connectivity index is 2.34. The van der Waals surface area contributed by atoms with E-state index in [1.54, 1.807) is 6.20 Å². The molecule has 3 N–H and O–H groups in total. The fourth-order valence-electron chi connectivity index (χ4n) is 2.41. The van der Waals surface area contributed by atoms with E-state index in [-0.39, 0.29) is 0 Å². The van der Waals surface area contributed by atoms with Crippen LogP contribution in [0.4, 0.5) is 5.82 Å². The highest BCUT2D eigenvalue weighted by Crippen LogP contribution is 2.28. The fraction of sp³-hybridized carbons (Fsp3) is 0.143. The summed E-state index contributed by atoms with van der Waals surface area (Å²) in [6.45, 7) is 4.15. The summed E-state index contributed by atoms with van der Waals surface area (Å²) in [6.07, 6.45) is 1.74. The minimum absolute atomic E-state index is 0.557. The number of benzene rings is 1. The Kier molecular flexibility index (Phi) is 2.30. The average Bonchev–Trinajstić information content (AvgIpc) is 2.80. The first-order valence-corrected chi connectivity index (χ1v) is 5.82. The topological polar surface area (TPSA) is 67.6 Å². The van der Waals surface area contributed by atoms with Crippen LogP contribution >= 0.6 is 0 Å².